The number of halogens is 1. The number of nitrogens with one attached hydrogen (secondary N) is 1. The number of hydrogen-bond acceptors (Lipinski definition) is 3. The number of rotatable bonds is 4. The molecule has 0 aliphatic heterocycles. The zero-order valence-corrected chi connectivity index (χ0v) is 13.9. The van der Waals surface area contributed by atoms with Crippen LogP contribution in [0.1, 0.15) is 0 Å². The van der Waals surface area contributed by atoms with Gasteiger partial charge in [-0.3, -0.25) is 4.72 Å². The highest BCUT2D eigenvalue weighted by molar-refractivity contribution is 7.92. The number of fused-ring (bicyclic) bond motifs is 1. The van der Waals surface area contributed by atoms with Crippen molar-refractivity contribution >= 4 is 38.1 Å². The minimum absolute atomic E-state index is 0.0801. The molecule has 0 saturated carbocycles. The quantitative estimate of drug-likeness (QED) is 0.765. The topological polar surface area (TPSA) is 55.4 Å². The van der Waals surface area contributed by atoms with E-state index in [9.17, 15) is 8.42 Å². The second-order valence-electron chi connectivity index (χ2n) is 4.96. The summed E-state index contributed by atoms with van der Waals surface area (Å²) in [6, 6.07) is 17.5. The molecule has 0 bridgehead atoms. The van der Waals surface area contributed by atoms with Gasteiger partial charge in [0.15, 0.2) is 0 Å². The lowest BCUT2D eigenvalue weighted by atomic mass is 10.1. The number of sulfonamides is 1. The van der Waals surface area contributed by atoms with Crippen LogP contribution >= 0.6 is 11.6 Å². The molecular formula is C17H14ClNO3S. The van der Waals surface area contributed by atoms with E-state index in [1.54, 1.807) is 12.1 Å². The average Bonchev–Trinajstić information content (AvgIpc) is 2.54. The molecule has 3 rings (SSSR count). The molecule has 0 aliphatic rings. The summed E-state index contributed by atoms with van der Waals surface area (Å²) in [7, 11) is -2.24. The molecule has 6 heteroatoms. The third kappa shape index (κ3) is 3.25. The summed E-state index contributed by atoms with van der Waals surface area (Å²) in [6.45, 7) is 0. The number of hydrogen-bond donors (Lipinski definition) is 1. The minimum atomic E-state index is -3.72. The van der Waals surface area contributed by atoms with Crippen molar-refractivity contribution in [1.29, 1.82) is 0 Å². The Kier molecular flexibility index (Phi) is 4.15. The van der Waals surface area contributed by atoms with Gasteiger partial charge in [-0.05, 0) is 41.1 Å². The van der Waals surface area contributed by atoms with Crippen LogP contribution in [0.5, 0.6) is 5.75 Å². The highest BCUT2D eigenvalue weighted by Crippen LogP contribution is 2.28. The van der Waals surface area contributed by atoms with Gasteiger partial charge in [0.25, 0.3) is 10.0 Å². The van der Waals surface area contributed by atoms with E-state index in [0.717, 1.165) is 10.8 Å². The molecule has 118 valence electrons. The van der Waals surface area contributed by atoms with E-state index < -0.39 is 10.0 Å². The van der Waals surface area contributed by atoms with E-state index in [2.05, 4.69) is 4.72 Å². The largest absolute Gasteiger partial charge is 0.495 e. The second kappa shape index (κ2) is 6.10. The Labute approximate surface area is 139 Å². The van der Waals surface area contributed by atoms with Gasteiger partial charge in [0.2, 0.25) is 0 Å². The summed E-state index contributed by atoms with van der Waals surface area (Å²) in [5.41, 5.74) is 0.496. The lowest BCUT2D eigenvalue weighted by Crippen LogP contribution is -2.12. The SMILES string of the molecule is COc1ccc(S(=O)(=O)Nc2ccc3ccccc3c2)cc1Cl. The first kappa shape index (κ1) is 15.6. The highest BCUT2D eigenvalue weighted by atomic mass is 35.5. The van der Waals surface area contributed by atoms with Gasteiger partial charge < -0.3 is 4.74 Å². The third-order valence-corrected chi connectivity index (χ3v) is 5.11. The van der Waals surface area contributed by atoms with Crippen molar-refractivity contribution in [2.24, 2.45) is 0 Å². The first-order valence-corrected chi connectivity index (χ1v) is 8.71. The van der Waals surface area contributed by atoms with Crippen LogP contribution in [0.15, 0.2) is 65.6 Å². The fourth-order valence-corrected chi connectivity index (χ4v) is 3.68. The predicted molar refractivity (Wildman–Crippen MR) is 92.8 cm³/mol. The smallest absolute Gasteiger partial charge is 0.261 e. The van der Waals surface area contributed by atoms with E-state index in [-0.39, 0.29) is 9.92 Å². The van der Waals surface area contributed by atoms with E-state index in [1.165, 1.54) is 25.3 Å². The molecule has 0 atom stereocenters. The van der Waals surface area contributed by atoms with Crippen molar-refractivity contribution in [1.82, 2.24) is 0 Å². The maximum atomic E-state index is 12.5. The molecular weight excluding hydrogens is 334 g/mol. The van der Waals surface area contributed by atoms with Crippen LogP contribution in [-0.2, 0) is 10.0 Å². The molecule has 1 N–H and O–H groups in total. The zero-order valence-electron chi connectivity index (χ0n) is 12.3. The fraction of sp³-hybridized carbons (Fsp3) is 0.0588. The predicted octanol–water partition coefficient (Wildman–Crippen LogP) is 4.30. The van der Waals surface area contributed by atoms with Crippen LogP contribution < -0.4 is 9.46 Å². The zero-order chi connectivity index (χ0) is 16.4. The molecule has 0 unspecified atom stereocenters. The van der Waals surface area contributed by atoms with Gasteiger partial charge in [-0.25, -0.2) is 8.42 Å². The van der Waals surface area contributed by atoms with E-state index in [0.29, 0.717) is 11.4 Å². The monoisotopic (exact) mass is 347 g/mol. The molecule has 0 aromatic heterocycles. The first-order valence-electron chi connectivity index (χ1n) is 6.85. The molecule has 3 aromatic rings. The molecule has 4 nitrogen and oxygen atoms in total. The Morgan fingerprint density at radius 1 is 0.957 bits per heavy atom. The number of ether oxygens (including phenoxy) is 1. The van der Waals surface area contributed by atoms with Crippen LogP contribution in [0.2, 0.25) is 5.02 Å². The summed E-state index contributed by atoms with van der Waals surface area (Å²) in [6.07, 6.45) is 0. The Bertz CT molecular complexity index is 970. The van der Waals surface area contributed by atoms with Gasteiger partial charge in [-0.1, -0.05) is 41.9 Å². The Morgan fingerprint density at radius 3 is 2.39 bits per heavy atom. The molecule has 0 heterocycles. The van der Waals surface area contributed by atoms with Gasteiger partial charge in [0.1, 0.15) is 5.75 Å². The lowest BCUT2D eigenvalue weighted by molar-refractivity contribution is 0.414. The highest BCUT2D eigenvalue weighted by Gasteiger charge is 2.16. The first-order chi connectivity index (χ1) is 11.0. The third-order valence-electron chi connectivity index (χ3n) is 3.44. The van der Waals surface area contributed by atoms with Gasteiger partial charge >= 0.3 is 0 Å². The van der Waals surface area contributed by atoms with Crippen LogP contribution in [0.4, 0.5) is 5.69 Å². The van der Waals surface area contributed by atoms with E-state index in [4.69, 9.17) is 16.3 Å². The maximum Gasteiger partial charge on any atom is 0.261 e. The second-order valence-corrected chi connectivity index (χ2v) is 7.05. The molecule has 3 aromatic carbocycles. The fourth-order valence-electron chi connectivity index (χ4n) is 2.28. The van der Waals surface area contributed by atoms with Crippen LogP contribution in [0.3, 0.4) is 0 Å². The van der Waals surface area contributed by atoms with Crippen molar-refractivity contribution in [3.63, 3.8) is 0 Å². The molecule has 0 saturated heterocycles. The molecule has 0 radical (unpaired) electrons. The molecule has 0 aliphatic carbocycles. The molecule has 0 spiro atoms. The summed E-state index contributed by atoms with van der Waals surface area (Å²) < 4.78 is 32.6. The molecule has 0 amide bonds. The summed E-state index contributed by atoms with van der Waals surface area (Å²) in [5.74, 6) is 0.427. The summed E-state index contributed by atoms with van der Waals surface area (Å²) in [4.78, 5) is 0.0801. The Hall–Kier alpha value is -2.24. The maximum absolute atomic E-state index is 12.5. The molecule has 23 heavy (non-hydrogen) atoms. The van der Waals surface area contributed by atoms with Crippen molar-refractivity contribution in [3.05, 3.63) is 65.7 Å². The Morgan fingerprint density at radius 2 is 1.70 bits per heavy atom. The van der Waals surface area contributed by atoms with Gasteiger partial charge in [0, 0.05) is 5.69 Å². The van der Waals surface area contributed by atoms with Gasteiger partial charge in [-0.15, -0.1) is 0 Å². The van der Waals surface area contributed by atoms with Crippen molar-refractivity contribution < 1.29 is 13.2 Å². The normalized spacial score (nSPS) is 11.4. The van der Waals surface area contributed by atoms with E-state index in [1.807, 2.05) is 30.3 Å². The van der Waals surface area contributed by atoms with Crippen LogP contribution in [0.25, 0.3) is 10.8 Å². The van der Waals surface area contributed by atoms with Crippen LogP contribution in [-0.4, -0.2) is 15.5 Å². The number of methoxy groups -OCH3 is 1. The summed E-state index contributed by atoms with van der Waals surface area (Å²) in [5, 5.41) is 2.25. The standard InChI is InChI=1S/C17H14ClNO3S/c1-22-17-9-8-15(11-16(17)18)23(20,21)19-14-7-6-12-4-2-3-5-13(12)10-14/h2-11,19H,1H3. The van der Waals surface area contributed by atoms with Gasteiger partial charge in [-0.2, -0.15) is 0 Å². The number of benzene rings is 3. The van der Waals surface area contributed by atoms with E-state index >= 15 is 0 Å². The summed E-state index contributed by atoms with van der Waals surface area (Å²) >= 11 is 6.00. The van der Waals surface area contributed by atoms with Gasteiger partial charge in [0.05, 0.1) is 17.0 Å². The minimum Gasteiger partial charge on any atom is -0.495 e. The van der Waals surface area contributed by atoms with Crippen LogP contribution in [0, 0.1) is 0 Å². The Balaban J connectivity index is 1.94. The van der Waals surface area contributed by atoms with Crippen molar-refractivity contribution in [2.45, 2.75) is 4.90 Å². The molecule has 0 fully saturated rings. The average molecular weight is 348 g/mol. The van der Waals surface area contributed by atoms with Crippen molar-refractivity contribution in [3.8, 4) is 5.75 Å². The van der Waals surface area contributed by atoms with Crippen molar-refractivity contribution in [2.75, 3.05) is 11.8 Å². The number of anilines is 1. The lowest BCUT2D eigenvalue weighted by Gasteiger charge is -2.10.